The lowest BCUT2D eigenvalue weighted by Crippen LogP contribution is -2.43. The maximum atomic E-state index is 11.8. The highest BCUT2D eigenvalue weighted by Crippen LogP contribution is 2.12. The van der Waals surface area contributed by atoms with E-state index < -0.39 is 6.04 Å². The van der Waals surface area contributed by atoms with E-state index in [-0.39, 0.29) is 11.7 Å². The molecule has 0 bridgehead atoms. The van der Waals surface area contributed by atoms with Crippen molar-refractivity contribution in [1.82, 2.24) is 5.32 Å². The highest BCUT2D eigenvalue weighted by molar-refractivity contribution is 5.81. The van der Waals surface area contributed by atoms with Crippen LogP contribution < -0.4 is 11.1 Å². The first-order valence-corrected chi connectivity index (χ1v) is 6.54. The van der Waals surface area contributed by atoms with Crippen molar-refractivity contribution in [3.8, 4) is 5.75 Å². The zero-order valence-corrected chi connectivity index (χ0v) is 10.8. The third kappa shape index (κ3) is 4.22. The second kappa shape index (κ2) is 6.54. The molecule has 5 nitrogen and oxygen atoms in total. The van der Waals surface area contributed by atoms with Gasteiger partial charge in [-0.25, -0.2) is 0 Å². The van der Waals surface area contributed by atoms with Crippen molar-refractivity contribution in [3.05, 3.63) is 29.8 Å². The highest BCUT2D eigenvalue weighted by Gasteiger charge is 2.19. The first kappa shape index (κ1) is 13.8. The number of carbonyl (C=O) groups excluding carboxylic acids is 1. The van der Waals surface area contributed by atoms with Crippen LogP contribution in [0.2, 0.25) is 0 Å². The number of ether oxygens (including phenoxy) is 1. The van der Waals surface area contributed by atoms with Crippen LogP contribution >= 0.6 is 0 Å². The Morgan fingerprint density at radius 1 is 1.47 bits per heavy atom. The third-order valence-corrected chi connectivity index (χ3v) is 3.32. The number of hydrogen-bond acceptors (Lipinski definition) is 4. The molecule has 1 amide bonds. The number of rotatable bonds is 5. The van der Waals surface area contributed by atoms with Gasteiger partial charge < -0.3 is 20.9 Å². The van der Waals surface area contributed by atoms with E-state index in [1.807, 2.05) is 0 Å². The Balaban J connectivity index is 1.76. The smallest absolute Gasteiger partial charge is 0.237 e. The molecule has 1 aliphatic rings. The molecule has 1 heterocycles. The number of amides is 1. The van der Waals surface area contributed by atoms with Gasteiger partial charge >= 0.3 is 0 Å². The molecule has 0 radical (unpaired) electrons. The maximum Gasteiger partial charge on any atom is 0.237 e. The van der Waals surface area contributed by atoms with Crippen LogP contribution in [0.25, 0.3) is 0 Å². The highest BCUT2D eigenvalue weighted by atomic mass is 16.5. The Kier molecular flexibility index (Phi) is 4.76. The summed E-state index contributed by atoms with van der Waals surface area (Å²) in [4.78, 5) is 11.8. The van der Waals surface area contributed by atoms with E-state index in [0.29, 0.717) is 25.5 Å². The van der Waals surface area contributed by atoms with E-state index in [9.17, 15) is 9.90 Å². The van der Waals surface area contributed by atoms with Crippen LogP contribution in [-0.2, 0) is 16.0 Å². The van der Waals surface area contributed by atoms with Crippen LogP contribution in [0.4, 0.5) is 0 Å². The van der Waals surface area contributed by atoms with Gasteiger partial charge in [0.25, 0.3) is 0 Å². The fourth-order valence-corrected chi connectivity index (χ4v) is 2.10. The summed E-state index contributed by atoms with van der Waals surface area (Å²) in [6, 6.07) is 6.17. The van der Waals surface area contributed by atoms with Gasteiger partial charge in [0.2, 0.25) is 5.91 Å². The van der Waals surface area contributed by atoms with Crippen LogP contribution in [-0.4, -0.2) is 36.8 Å². The van der Waals surface area contributed by atoms with Crippen LogP contribution in [0.3, 0.4) is 0 Å². The number of nitrogens with one attached hydrogen (secondary N) is 1. The summed E-state index contributed by atoms with van der Waals surface area (Å²) in [6.07, 6.45) is 1.46. The first-order valence-electron chi connectivity index (χ1n) is 6.54. The van der Waals surface area contributed by atoms with Gasteiger partial charge in [-0.15, -0.1) is 0 Å². The number of carbonyl (C=O) groups is 1. The van der Waals surface area contributed by atoms with Gasteiger partial charge in [0.1, 0.15) is 5.75 Å². The van der Waals surface area contributed by atoms with Crippen molar-refractivity contribution in [3.63, 3.8) is 0 Å². The minimum atomic E-state index is -0.563. The van der Waals surface area contributed by atoms with E-state index in [1.54, 1.807) is 24.3 Å². The standard InChI is InChI=1S/C14H20N2O3/c15-13(7-10-1-3-12(17)4-2-10)14(18)16-8-11-5-6-19-9-11/h1-4,11,13,17H,5-9,15H2,(H,16,18)/t11?,13-/m1/s1. The van der Waals surface area contributed by atoms with Gasteiger partial charge in [0.05, 0.1) is 12.6 Å². The fourth-order valence-electron chi connectivity index (χ4n) is 2.10. The maximum absolute atomic E-state index is 11.8. The number of hydrogen-bond donors (Lipinski definition) is 3. The Morgan fingerprint density at radius 3 is 2.84 bits per heavy atom. The number of phenolic OH excluding ortho intramolecular Hbond substituents is 1. The minimum absolute atomic E-state index is 0.139. The number of aromatic hydroxyl groups is 1. The Bertz CT molecular complexity index is 413. The van der Waals surface area contributed by atoms with Gasteiger partial charge in [0, 0.05) is 19.1 Å². The molecule has 1 aliphatic heterocycles. The summed E-state index contributed by atoms with van der Waals surface area (Å²) in [7, 11) is 0. The summed E-state index contributed by atoms with van der Waals surface area (Å²) in [6.45, 7) is 2.12. The van der Waals surface area contributed by atoms with Gasteiger partial charge in [-0.1, -0.05) is 12.1 Å². The largest absolute Gasteiger partial charge is 0.508 e. The van der Waals surface area contributed by atoms with E-state index in [1.165, 1.54) is 0 Å². The molecule has 4 N–H and O–H groups in total. The molecule has 0 spiro atoms. The van der Waals surface area contributed by atoms with Crippen LogP contribution in [0.5, 0.6) is 5.75 Å². The predicted octanol–water partition coefficient (Wildman–Crippen LogP) is 0.415. The molecule has 0 saturated carbocycles. The molecule has 104 valence electrons. The number of phenols is 1. The second-order valence-corrected chi connectivity index (χ2v) is 4.95. The van der Waals surface area contributed by atoms with Crippen molar-refractivity contribution < 1.29 is 14.6 Å². The Morgan fingerprint density at radius 2 is 2.21 bits per heavy atom. The Labute approximate surface area is 112 Å². The van der Waals surface area contributed by atoms with Crippen LogP contribution in [0, 0.1) is 5.92 Å². The molecule has 2 atom stereocenters. The molecule has 0 aromatic heterocycles. The van der Waals surface area contributed by atoms with E-state index in [4.69, 9.17) is 10.5 Å². The van der Waals surface area contributed by atoms with Crippen LogP contribution in [0.15, 0.2) is 24.3 Å². The minimum Gasteiger partial charge on any atom is -0.508 e. The van der Waals surface area contributed by atoms with Gasteiger partial charge in [-0.2, -0.15) is 0 Å². The SMILES string of the molecule is N[C@H](Cc1ccc(O)cc1)C(=O)NCC1CCOC1. The molecular weight excluding hydrogens is 244 g/mol. The predicted molar refractivity (Wildman–Crippen MR) is 71.7 cm³/mol. The topological polar surface area (TPSA) is 84.6 Å². The summed E-state index contributed by atoms with van der Waals surface area (Å²) < 4.78 is 5.25. The summed E-state index contributed by atoms with van der Waals surface area (Å²) in [5, 5.41) is 12.0. The summed E-state index contributed by atoms with van der Waals surface area (Å²) in [5.74, 6) is 0.479. The molecule has 1 saturated heterocycles. The van der Waals surface area contributed by atoms with Gasteiger partial charge in [0.15, 0.2) is 0 Å². The van der Waals surface area contributed by atoms with E-state index in [0.717, 1.165) is 18.6 Å². The molecule has 5 heteroatoms. The normalized spacial score (nSPS) is 20.2. The number of benzene rings is 1. The monoisotopic (exact) mass is 264 g/mol. The molecule has 0 aliphatic carbocycles. The fraction of sp³-hybridized carbons (Fsp3) is 0.500. The molecule has 1 aromatic rings. The van der Waals surface area contributed by atoms with Crippen molar-refractivity contribution in [2.75, 3.05) is 19.8 Å². The average molecular weight is 264 g/mol. The lowest BCUT2D eigenvalue weighted by Gasteiger charge is -2.14. The van der Waals surface area contributed by atoms with Gasteiger partial charge in [-0.05, 0) is 30.5 Å². The summed E-state index contributed by atoms with van der Waals surface area (Å²) >= 11 is 0. The molecule has 1 unspecified atom stereocenters. The van der Waals surface area contributed by atoms with Gasteiger partial charge in [-0.3, -0.25) is 4.79 Å². The molecule has 19 heavy (non-hydrogen) atoms. The molecule has 1 aromatic carbocycles. The molecule has 1 fully saturated rings. The average Bonchev–Trinajstić information content (AvgIpc) is 2.91. The number of nitrogens with two attached hydrogens (primary N) is 1. The van der Waals surface area contributed by atoms with Crippen LogP contribution in [0.1, 0.15) is 12.0 Å². The van der Waals surface area contributed by atoms with Crippen molar-refractivity contribution in [1.29, 1.82) is 0 Å². The molecule has 2 rings (SSSR count). The first-order chi connectivity index (χ1) is 9.15. The Hall–Kier alpha value is -1.59. The van der Waals surface area contributed by atoms with Crippen molar-refractivity contribution in [2.45, 2.75) is 18.9 Å². The zero-order valence-electron chi connectivity index (χ0n) is 10.8. The second-order valence-electron chi connectivity index (χ2n) is 4.95. The zero-order chi connectivity index (χ0) is 13.7. The lowest BCUT2D eigenvalue weighted by atomic mass is 10.1. The third-order valence-electron chi connectivity index (χ3n) is 3.32. The van der Waals surface area contributed by atoms with Crippen molar-refractivity contribution >= 4 is 5.91 Å². The lowest BCUT2D eigenvalue weighted by molar-refractivity contribution is -0.122. The van der Waals surface area contributed by atoms with E-state index >= 15 is 0 Å². The molecular formula is C14H20N2O3. The van der Waals surface area contributed by atoms with Crippen molar-refractivity contribution in [2.24, 2.45) is 11.7 Å². The quantitative estimate of drug-likeness (QED) is 0.719. The summed E-state index contributed by atoms with van der Waals surface area (Å²) in [5.41, 5.74) is 6.80. The van der Waals surface area contributed by atoms with E-state index in [2.05, 4.69) is 5.32 Å².